The van der Waals surface area contributed by atoms with Gasteiger partial charge in [-0.25, -0.2) is 4.98 Å². The van der Waals surface area contributed by atoms with Gasteiger partial charge in [0.25, 0.3) is 5.91 Å². The van der Waals surface area contributed by atoms with Crippen LogP contribution in [0.15, 0.2) is 36.9 Å². The number of carbonyl (C=O) groups excluding carboxylic acids is 1. The van der Waals surface area contributed by atoms with Crippen molar-refractivity contribution in [3.63, 3.8) is 0 Å². The number of hydrogen-bond donors (Lipinski definition) is 1. The average Bonchev–Trinajstić information content (AvgIpc) is 3.12. The highest BCUT2D eigenvalue weighted by Crippen LogP contribution is 2.24. The van der Waals surface area contributed by atoms with Crippen molar-refractivity contribution >= 4 is 16.8 Å². The maximum Gasteiger partial charge on any atom is 0.252 e. The molecule has 3 rings (SSSR count). The van der Waals surface area contributed by atoms with Crippen molar-refractivity contribution in [1.82, 2.24) is 19.9 Å². The number of aryl methyl sites for hydroxylation is 3. The molecule has 130 valence electrons. The van der Waals surface area contributed by atoms with Crippen molar-refractivity contribution in [3.05, 3.63) is 59.3 Å². The largest absolute Gasteiger partial charge is 0.352 e. The van der Waals surface area contributed by atoms with Crippen molar-refractivity contribution in [2.75, 3.05) is 6.54 Å². The minimum Gasteiger partial charge on any atom is -0.352 e. The number of nitrogens with zero attached hydrogens (tertiary/aromatic N) is 3. The number of fused-ring (bicyclic) bond motifs is 1. The van der Waals surface area contributed by atoms with Gasteiger partial charge in [0.15, 0.2) is 0 Å². The maximum absolute atomic E-state index is 12.7. The number of imidazole rings is 1. The van der Waals surface area contributed by atoms with Crippen molar-refractivity contribution in [3.8, 4) is 0 Å². The van der Waals surface area contributed by atoms with E-state index in [0.717, 1.165) is 28.6 Å². The summed E-state index contributed by atoms with van der Waals surface area (Å²) in [7, 11) is 0. The smallest absolute Gasteiger partial charge is 0.252 e. The monoisotopic (exact) mass is 336 g/mol. The highest BCUT2D eigenvalue weighted by molar-refractivity contribution is 6.07. The maximum atomic E-state index is 12.7. The predicted molar refractivity (Wildman–Crippen MR) is 99.8 cm³/mol. The Hall–Kier alpha value is -2.69. The molecule has 0 saturated heterocycles. The number of aromatic nitrogens is 3. The molecule has 2 heterocycles. The van der Waals surface area contributed by atoms with E-state index in [4.69, 9.17) is 0 Å². The van der Waals surface area contributed by atoms with E-state index in [1.54, 1.807) is 12.5 Å². The summed E-state index contributed by atoms with van der Waals surface area (Å²) in [5.41, 5.74) is 4.78. The average molecular weight is 336 g/mol. The van der Waals surface area contributed by atoms with Crippen LogP contribution in [0.25, 0.3) is 10.9 Å². The van der Waals surface area contributed by atoms with Crippen LogP contribution in [0.2, 0.25) is 0 Å². The van der Waals surface area contributed by atoms with E-state index in [-0.39, 0.29) is 5.91 Å². The van der Waals surface area contributed by atoms with E-state index in [2.05, 4.69) is 36.1 Å². The lowest BCUT2D eigenvalue weighted by atomic mass is 10.0. The highest BCUT2D eigenvalue weighted by Gasteiger charge is 2.14. The van der Waals surface area contributed by atoms with E-state index >= 15 is 0 Å². The summed E-state index contributed by atoms with van der Waals surface area (Å²) < 4.78 is 2.05. The Morgan fingerprint density at radius 1 is 1.28 bits per heavy atom. The van der Waals surface area contributed by atoms with Crippen LogP contribution in [0.1, 0.15) is 46.6 Å². The van der Waals surface area contributed by atoms with Crippen molar-refractivity contribution in [2.24, 2.45) is 0 Å². The third kappa shape index (κ3) is 3.55. The van der Waals surface area contributed by atoms with Crippen LogP contribution in [0.5, 0.6) is 0 Å². The SMILES string of the molecule is Cc1cc(C(=O)NCCC(C)n2ccnc2)c2ccc(C)c(C)c2n1. The van der Waals surface area contributed by atoms with Crippen molar-refractivity contribution in [1.29, 1.82) is 0 Å². The lowest BCUT2D eigenvalue weighted by molar-refractivity contribution is 0.0953. The third-order valence-electron chi connectivity index (χ3n) is 4.76. The summed E-state index contributed by atoms with van der Waals surface area (Å²) >= 11 is 0. The molecule has 25 heavy (non-hydrogen) atoms. The molecule has 2 aromatic heterocycles. The van der Waals surface area contributed by atoms with Gasteiger partial charge in [0.1, 0.15) is 0 Å². The van der Waals surface area contributed by atoms with Crippen LogP contribution in [0, 0.1) is 20.8 Å². The number of carbonyl (C=O) groups is 1. The first-order chi connectivity index (χ1) is 12.0. The zero-order valence-electron chi connectivity index (χ0n) is 15.2. The van der Waals surface area contributed by atoms with Crippen LogP contribution >= 0.6 is 0 Å². The quantitative estimate of drug-likeness (QED) is 0.772. The number of nitrogens with one attached hydrogen (secondary N) is 1. The number of benzene rings is 1. The van der Waals surface area contributed by atoms with Gasteiger partial charge in [0.05, 0.1) is 17.4 Å². The Balaban J connectivity index is 1.77. The molecule has 0 aliphatic heterocycles. The van der Waals surface area contributed by atoms with Gasteiger partial charge in [-0.2, -0.15) is 0 Å². The summed E-state index contributed by atoms with van der Waals surface area (Å²) in [5.74, 6) is -0.0448. The zero-order chi connectivity index (χ0) is 18.0. The first-order valence-corrected chi connectivity index (χ1v) is 8.60. The molecule has 5 nitrogen and oxygen atoms in total. The van der Waals surface area contributed by atoms with Gasteiger partial charge in [-0.3, -0.25) is 9.78 Å². The molecular formula is C20H24N4O. The Morgan fingerprint density at radius 2 is 2.08 bits per heavy atom. The number of amides is 1. The van der Waals surface area contributed by atoms with Crippen LogP contribution in [-0.4, -0.2) is 27.0 Å². The van der Waals surface area contributed by atoms with Gasteiger partial charge in [-0.05, 0) is 51.3 Å². The molecule has 1 amide bonds. The molecule has 5 heteroatoms. The topological polar surface area (TPSA) is 59.8 Å². The van der Waals surface area contributed by atoms with Crippen molar-refractivity contribution < 1.29 is 4.79 Å². The highest BCUT2D eigenvalue weighted by atomic mass is 16.1. The molecular weight excluding hydrogens is 312 g/mol. The van der Waals surface area contributed by atoms with E-state index in [1.165, 1.54) is 5.56 Å². The lowest BCUT2D eigenvalue weighted by Crippen LogP contribution is -2.26. The summed E-state index contributed by atoms with van der Waals surface area (Å²) in [6, 6.07) is 6.20. The Kier molecular flexibility index (Phi) is 4.83. The molecule has 0 saturated carbocycles. The first kappa shape index (κ1) is 17.1. The van der Waals surface area contributed by atoms with E-state index in [9.17, 15) is 4.79 Å². The fourth-order valence-electron chi connectivity index (χ4n) is 3.01. The molecule has 1 unspecified atom stereocenters. The van der Waals surface area contributed by atoms with Gasteiger partial charge in [-0.15, -0.1) is 0 Å². The molecule has 0 bridgehead atoms. The lowest BCUT2D eigenvalue weighted by Gasteiger charge is -2.14. The number of pyridine rings is 1. The second-order valence-electron chi connectivity index (χ2n) is 6.62. The first-order valence-electron chi connectivity index (χ1n) is 8.60. The molecule has 1 atom stereocenters. The number of rotatable bonds is 5. The van der Waals surface area contributed by atoms with Crippen LogP contribution in [0.3, 0.4) is 0 Å². The fraction of sp³-hybridized carbons (Fsp3) is 0.350. The second-order valence-corrected chi connectivity index (χ2v) is 6.62. The molecule has 1 N–H and O–H groups in total. The van der Waals surface area contributed by atoms with Gasteiger partial charge in [-0.1, -0.05) is 12.1 Å². The Bertz CT molecular complexity index is 900. The normalized spacial score (nSPS) is 12.3. The van der Waals surface area contributed by atoms with Gasteiger partial charge < -0.3 is 9.88 Å². The summed E-state index contributed by atoms with van der Waals surface area (Å²) in [6.07, 6.45) is 6.36. The van der Waals surface area contributed by atoms with E-state index < -0.39 is 0 Å². The number of hydrogen-bond acceptors (Lipinski definition) is 3. The van der Waals surface area contributed by atoms with Crippen LogP contribution in [0.4, 0.5) is 0 Å². The second kappa shape index (κ2) is 7.05. The van der Waals surface area contributed by atoms with Crippen molar-refractivity contribution in [2.45, 2.75) is 40.2 Å². The summed E-state index contributed by atoms with van der Waals surface area (Å²) in [6.45, 7) is 8.78. The van der Waals surface area contributed by atoms with Gasteiger partial charge >= 0.3 is 0 Å². The van der Waals surface area contributed by atoms with Crippen LogP contribution in [-0.2, 0) is 0 Å². The van der Waals surface area contributed by atoms with E-state index in [0.29, 0.717) is 18.2 Å². The van der Waals surface area contributed by atoms with Gasteiger partial charge in [0.2, 0.25) is 0 Å². The molecule has 0 radical (unpaired) electrons. The van der Waals surface area contributed by atoms with Crippen LogP contribution < -0.4 is 5.32 Å². The van der Waals surface area contributed by atoms with Gasteiger partial charge in [0, 0.05) is 36.1 Å². The summed E-state index contributed by atoms with van der Waals surface area (Å²) in [4.78, 5) is 21.4. The standard InChI is InChI=1S/C20H24N4O/c1-13-5-6-17-18(11-14(2)23-19(17)16(13)4)20(25)22-8-7-15(3)24-10-9-21-12-24/h5-6,9-12,15H,7-8H2,1-4H3,(H,22,25). The third-order valence-corrected chi connectivity index (χ3v) is 4.76. The minimum atomic E-state index is -0.0448. The molecule has 3 aromatic rings. The Labute approximate surface area is 148 Å². The molecule has 0 aliphatic carbocycles. The molecule has 0 spiro atoms. The predicted octanol–water partition coefficient (Wildman–Crippen LogP) is 3.74. The molecule has 0 fully saturated rings. The summed E-state index contributed by atoms with van der Waals surface area (Å²) in [5, 5.41) is 3.96. The zero-order valence-corrected chi connectivity index (χ0v) is 15.2. The fourth-order valence-corrected chi connectivity index (χ4v) is 3.01. The van der Waals surface area contributed by atoms with E-state index in [1.807, 2.05) is 35.9 Å². The Morgan fingerprint density at radius 3 is 2.80 bits per heavy atom. The molecule has 1 aromatic carbocycles. The molecule has 0 aliphatic rings. The minimum absolute atomic E-state index is 0.0448.